The molecule has 0 atom stereocenters. The summed E-state index contributed by atoms with van der Waals surface area (Å²) in [6, 6.07) is 5.88. The van der Waals surface area contributed by atoms with Gasteiger partial charge in [0, 0.05) is 5.02 Å². The van der Waals surface area contributed by atoms with Crippen LogP contribution in [0.5, 0.6) is 5.75 Å². The summed E-state index contributed by atoms with van der Waals surface area (Å²) in [5, 5.41) is 1.01. The third-order valence-electron chi connectivity index (χ3n) is 4.43. The minimum Gasteiger partial charge on any atom is -0.491 e. The molecular weight excluding hydrogens is 312 g/mol. The van der Waals surface area contributed by atoms with Gasteiger partial charge in [0.05, 0.1) is 6.61 Å². The molecule has 1 aromatic rings. The molecule has 2 nitrogen and oxygen atoms in total. The molecule has 4 heteroatoms. The van der Waals surface area contributed by atoms with E-state index in [1.807, 2.05) is 18.2 Å². The van der Waals surface area contributed by atoms with Gasteiger partial charge in [-0.05, 0) is 54.7 Å². The molecule has 0 unspecified atom stereocenters. The SMILES string of the molecule is CCCCc1cc(Cl)ccc1OCCO[Si](C)(C)C(C)(C)C. The fraction of sp³-hybridized carbons (Fsp3) is 0.667. The van der Waals surface area contributed by atoms with Crippen molar-refractivity contribution in [3.05, 3.63) is 28.8 Å². The summed E-state index contributed by atoms with van der Waals surface area (Å²) in [5.41, 5.74) is 1.20. The number of halogens is 1. The summed E-state index contributed by atoms with van der Waals surface area (Å²) in [6.45, 7) is 14.7. The van der Waals surface area contributed by atoms with Crippen molar-refractivity contribution < 1.29 is 9.16 Å². The molecule has 0 fully saturated rings. The van der Waals surface area contributed by atoms with E-state index in [4.69, 9.17) is 20.8 Å². The van der Waals surface area contributed by atoms with Crippen LogP contribution in [0.4, 0.5) is 0 Å². The number of benzene rings is 1. The Morgan fingerprint density at radius 2 is 1.82 bits per heavy atom. The van der Waals surface area contributed by atoms with E-state index in [1.54, 1.807) is 0 Å². The van der Waals surface area contributed by atoms with E-state index in [0.29, 0.717) is 13.2 Å². The van der Waals surface area contributed by atoms with Gasteiger partial charge < -0.3 is 9.16 Å². The fourth-order valence-corrected chi connectivity index (χ4v) is 3.14. The minimum absolute atomic E-state index is 0.236. The van der Waals surface area contributed by atoms with Gasteiger partial charge in [0.2, 0.25) is 0 Å². The summed E-state index contributed by atoms with van der Waals surface area (Å²) >= 11 is 6.09. The molecule has 126 valence electrons. The van der Waals surface area contributed by atoms with Crippen LogP contribution in [0.1, 0.15) is 46.1 Å². The lowest BCUT2D eigenvalue weighted by Crippen LogP contribution is -2.41. The Morgan fingerprint density at radius 1 is 1.14 bits per heavy atom. The first-order chi connectivity index (χ1) is 10.2. The number of ether oxygens (including phenoxy) is 1. The van der Waals surface area contributed by atoms with E-state index in [0.717, 1.165) is 23.6 Å². The van der Waals surface area contributed by atoms with Crippen LogP contribution in [0.25, 0.3) is 0 Å². The van der Waals surface area contributed by atoms with E-state index in [1.165, 1.54) is 12.0 Å². The second-order valence-electron chi connectivity index (χ2n) is 7.31. The van der Waals surface area contributed by atoms with Crippen LogP contribution in [-0.4, -0.2) is 21.5 Å². The Labute approximate surface area is 142 Å². The average Bonchev–Trinajstić information content (AvgIpc) is 2.41. The van der Waals surface area contributed by atoms with Gasteiger partial charge in [0.15, 0.2) is 8.32 Å². The summed E-state index contributed by atoms with van der Waals surface area (Å²) < 4.78 is 12.1. The molecule has 22 heavy (non-hydrogen) atoms. The zero-order chi connectivity index (χ0) is 16.8. The standard InChI is InChI=1S/C18H31ClO2Si/c1-7-8-9-15-14-16(19)10-11-17(15)20-12-13-21-22(5,6)18(2,3)4/h10-11,14H,7-9,12-13H2,1-6H3. The molecule has 1 rings (SSSR count). The van der Waals surface area contributed by atoms with Crippen molar-refractivity contribution in [1.29, 1.82) is 0 Å². The predicted molar refractivity (Wildman–Crippen MR) is 98.7 cm³/mol. The largest absolute Gasteiger partial charge is 0.491 e. The smallest absolute Gasteiger partial charge is 0.192 e. The van der Waals surface area contributed by atoms with Crippen LogP contribution in [-0.2, 0) is 10.8 Å². The van der Waals surface area contributed by atoms with Gasteiger partial charge in [0.1, 0.15) is 12.4 Å². The van der Waals surface area contributed by atoms with Gasteiger partial charge in [-0.25, -0.2) is 0 Å². The van der Waals surface area contributed by atoms with Crippen molar-refractivity contribution in [2.45, 2.75) is 65.1 Å². The van der Waals surface area contributed by atoms with Crippen molar-refractivity contribution in [2.24, 2.45) is 0 Å². The Hall–Kier alpha value is -0.513. The lowest BCUT2D eigenvalue weighted by molar-refractivity contribution is 0.202. The highest BCUT2D eigenvalue weighted by Gasteiger charge is 2.36. The molecule has 0 heterocycles. The lowest BCUT2D eigenvalue weighted by Gasteiger charge is -2.36. The molecular formula is C18H31ClO2Si. The average molecular weight is 343 g/mol. The third-order valence-corrected chi connectivity index (χ3v) is 9.21. The molecule has 0 aliphatic rings. The fourth-order valence-electron chi connectivity index (χ4n) is 1.92. The molecule has 0 bridgehead atoms. The maximum absolute atomic E-state index is 6.15. The maximum Gasteiger partial charge on any atom is 0.192 e. The molecule has 0 saturated heterocycles. The van der Waals surface area contributed by atoms with Crippen LogP contribution < -0.4 is 4.74 Å². The summed E-state index contributed by atoms with van der Waals surface area (Å²) in [5.74, 6) is 0.941. The molecule has 0 saturated carbocycles. The molecule has 1 aromatic carbocycles. The van der Waals surface area contributed by atoms with E-state index in [2.05, 4.69) is 40.8 Å². The first-order valence-corrected chi connectivity index (χ1v) is 11.5. The summed E-state index contributed by atoms with van der Waals surface area (Å²) in [7, 11) is -1.69. The Bertz CT molecular complexity index is 467. The van der Waals surface area contributed by atoms with Crippen molar-refractivity contribution in [3.63, 3.8) is 0 Å². The highest BCUT2D eigenvalue weighted by molar-refractivity contribution is 6.74. The molecule has 0 aliphatic heterocycles. The molecule has 0 aromatic heterocycles. The van der Waals surface area contributed by atoms with Gasteiger partial charge in [-0.15, -0.1) is 0 Å². The first kappa shape index (κ1) is 19.5. The number of rotatable bonds is 8. The van der Waals surface area contributed by atoms with E-state index < -0.39 is 8.32 Å². The van der Waals surface area contributed by atoms with Gasteiger partial charge in [-0.2, -0.15) is 0 Å². The van der Waals surface area contributed by atoms with E-state index >= 15 is 0 Å². The Balaban J connectivity index is 2.55. The van der Waals surface area contributed by atoms with Crippen molar-refractivity contribution in [2.75, 3.05) is 13.2 Å². The second-order valence-corrected chi connectivity index (χ2v) is 12.6. The van der Waals surface area contributed by atoms with Crippen LogP contribution in [0.15, 0.2) is 18.2 Å². The van der Waals surface area contributed by atoms with Crippen molar-refractivity contribution >= 4 is 19.9 Å². The summed E-state index contributed by atoms with van der Waals surface area (Å²) in [4.78, 5) is 0. The first-order valence-electron chi connectivity index (χ1n) is 8.22. The second kappa shape index (κ2) is 8.37. The Kier molecular flexibility index (Phi) is 7.43. The predicted octanol–water partition coefficient (Wildman–Crippen LogP) is 6.08. The zero-order valence-electron chi connectivity index (χ0n) is 15.0. The van der Waals surface area contributed by atoms with Gasteiger partial charge in [-0.1, -0.05) is 45.7 Å². The minimum atomic E-state index is -1.69. The van der Waals surface area contributed by atoms with Crippen LogP contribution in [0.2, 0.25) is 23.2 Å². The van der Waals surface area contributed by atoms with Gasteiger partial charge in [-0.3, -0.25) is 0 Å². The quantitative estimate of drug-likeness (QED) is 0.420. The topological polar surface area (TPSA) is 18.5 Å². The molecule has 0 aliphatic carbocycles. The van der Waals surface area contributed by atoms with E-state index in [9.17, 15) is 0 Å². The summed E-state index contributed by atoms with van der Waals surface area (Å²) in [6.07, 6.45) is 3.33. The number of hydrogen-bond acceptors (Lipinski definition) is 2. The maximum atomic E-state index is 6.15. The van der Waals surface area contributed by atoms with Gasteiger partial charge >= 0.3 is 0 Å². The third kappa shape index (κ3) is 5.94. The zero-order valence-corrected chi connectivity index (χ0v) is 16.7. The molecule has 0 spiro atoms. The highest BCUT2D eigenvalue weighted by Crippen LogP contribution is 2.36. The normalized spacial score (nSPS) is 12.5. The van der Waals surface area contributed by atoms with Crippen molar-refractivity contribution in [3.8, 4) is 5.75 Å². The van der Waals surface area contributed by atoms with Crippen molar-refractivity contribution in [1.82, 2.24) is 0 Å². The number of unbranched alkanes of at least 4 members (excludes halogenated alkanes) is 1. The molecule has 0 amide bonds. The Morgan fingerprint density at radius 3 is 2.41 bits per heavy atom. The molecule has 0 radical (unpaired) electrons. The van der Waals surface area contributed by atoms with Crippen LogP contribution in [0, 0.1) is 0 Å². The van der Waals surface area contributed by atoms with Crippen LogP contribution >= 0.6 is 11.6 Å². The number of aryl methyl sites for hydroxylation is 1. The van der Waals surface area contributed by atoms with E-state index in [-0.39, 0.29) is 5.04 Å². The highest BCUT2D eigenvalue weighted by atomic mass is 35.5. The number of hydrogen-bond donors (Lipinski definition) is 0. The lowest BCUT2D eigenvalue weighted by atomic mass is 10.1. The monoisotopic (exact) mass is 342 g/mol. The molecule has 0 N–H and O–H groups in total. The van der Waals surface area contributed by atoms with Gasteiger partial charge in [0.25, 0.3) is 0 Å². The van der Waals surface area contributed by atoms with Crippen LogP contribution in [0.3, 0.4) is 0 Å².